The molecule has 2 rings (SSSR count). The Morgan fingerprint density at radius 1 is 1.43 bits per heavy atom. The van der Waals surface area contributed by atoms with Gasteiger partial charge in [-0.15, -0.1) is 11.8 Å². The van der Waals surface area contributed by atoms with Crippen LogP contribution in [0.1, 0.15) is 0 Å². The Hall–Kier alpha value is -0.880. The lowest BCUT2D eigenvalue weighted by Crippen LogP contribution is -2.00. The SMILES string of the molecule is CSc1nc(=S)n(C)c2ncn(C)c12. The van der Waals surface area contributed by atoms with E-state index < -0.39 is 0 Å². The van der Waals surface area contributed by atoms with Gasteiger partial charge in [0.25, 0.3) is 0 Å². The highest BCUT2D eigenvalue weighted by Crippen LogP contribution is 2.22. The average Bonchev–Trinajstić information content (AvgIpc) is 2.55. The van der Waals surface area contributed by atoms with E-state index in [0.29, 0.717) is 4.77 Å². The second-order valence-corrected chi connectivity index (χ2v) is 4.15. The Morgan fingerprint density at radius 3 is 2.79 bits per heavy atom. The van der Waals surface area contributed by atoms with Gasteiger partial charge in [-0.2, -0.15) is 0 Å². The first kappa shape index (κ1) is 9.67. The van der Waals surface area contributed by atoms with Gasteiger partial charge in [0.1, 0.15) is 10.5 Å². The molecule has 0 unspecified atom stereocenters. The molecular weight excluding hydrogens is 216 g/mol. The summed E-state index contributed by atoms with van der Waals surface area (Å²) in [5, 5.41) is 0.933. The Labute approximate surface area is 91.0 Å². The lowest BCUT2D eigenvalue weighted by atomic mass is 10.5. The quantitative estimate of drug-likeness (QED) is 0.422. The summed E-state index contributed by atoms with van der Waals surface area (Å²) in [4.78, 5) is 8.63. The molecule has 0 amide bonds. The van der Waals surface area contributed by atoms with Crippen molar-refractivity contribution in [3.8, 4) is 0 Å². The van der Waals surface area contributed by atoms with Gasteiger partial charge in [-0.3, -0.25) is 0 Å². The van der Waals surface area contributed by atoms with Crippen LogP contribution in [0, 0.1) is 4.77 Å². The molecule has 0 aliphatic rings. The lowest BCUT2D eigenvalue weighted by Gasteiger charge is -2.04. The summed E-state index contributed by atoms with van der Waals surface area (Å²) in [5.41, 5.74) is 1.92. The van der Waals surface area contributed by atoms with E-state index in [0.717, 1.165) is 16.2 Å². The van der Waals surface area contributed by atoms with E-state index in [4.69, 9.17) is 12.2 Å². The molecule has 0 saturated carbocycles. The zero-order valence-corrected chi connectivity index (χ0v) is 9.82. The number of imidazole rings is 1. The van der Waals surface area contributed by atoms with E-state index in [1.54, 1.807) is 18.1 Å². The zero-order chi connectivity index (χ0) is 10.3. The molecule has 0 atom stereocenters. The number of rotatable bonds is 1. The fourth-order valence-corrected chi connectivity index (χ4v) is 2.20. The standard InChI is InChI=1S/C8H10N4S2/c1-11-4-9-6-5(11)7(14-3)10-8(13)12(6)2/h4H,1-3H3. The van der Waals surface area contributed by atoms with Crippen LogP contribution in [-0.4, -0.2) is 25.4 Å². The van der Waals surface area contributed by atoms with Gasteiger partial charge < -0.3 is 9.13 Å². The van der Waals surface area contributed by atoms with Crippen molar-refractivity contribution in [2.24, 2.45) is 14.1 Å². The molecule has 0 aromatic carbocycles. The fourth-order valence-electron chi connectivity index (χ4n) is 1.36. The molecular formula is C8H10N4S2. The molecule has 0 radical (unpaired) electrons. The van der Waals surface area contributed by atoms with E-state index in [9.17, 15) is 0 Å². The van der Waals surface area contributed by atoms with Gasteiger partial charge in [0.05, 0.1) is 6.33 Å². The third kappa shape index (κ3) is 1.26. The van der Waals surface area contributed by atoms with Gasteiger partial charge in [0.15, 0.2) is 5.65 Å². The van der Waals surface area contributed by atoms with Crippen molar-refractivity contribution in [2.75, 3.05) is 6.26 Å². The number of hydrogen-bond donors (Lipinski definition) is 0. The Morgan fingerprint density at radius 2 is 2.14 bits per heavy atom. The van der Waals surface area contributed by atoms with Gasteiger partial charge in [-0.25, -0.2) is 9.97 Å². The molecule has 0 bridgehead atoms. The maximum Gasteiger partial charge on any atom is 0.202 e. The lowest BCUT2D eigenvalue weighted by molar-refractivity contribution is 0.844. The number of fused-ring (bicyclic) bond motifs is 1. The first-order valence-electron chi connectivity index (χ1n) is 4.07. The van der Waals surface area contributed by atoms with Crippen LogP contribution in [0.4, 0.5) is 0 Å². The highest BCUT2D eigenvalue weighted by Gasteiger charge is 2.09. The van der Waals surface area contributed by atoms with Crippen molar-refractivity contribution in [1.29, 1.82) is 0 Å². The predicted molar refractivity (Wildman–Crippen MR) is 60.1 cm³/mol. The molecule has 4 nitrogen and oxygen atoms in total. The number of aromatic nitrogens is 4. The third-order valence-electron chi connectivity index (χ3n) is 2.12. The van der Waals surface area contributed by atoms with Gasteiger partial charge in [-0.1, -0.05) is 0 Å². The molecule has 2 aromatic rings. The van der Waals surface area contributed by atoms with Crippen molar-refractivity contribution in [1.82, 2.24) is 19.1 Å². The summed E-state index contributed by atoms with van der Waals surface area (Å²) >= 11 is 6.72. The predicted octanol–water partition coefficient (Wildman–Crippen LogP) is 1.76. The van der Waals surface area contributed by atoms with Crippen LogP contribution in [0.25, 0.3) is 11.2 Å². The zero-order valence-electron chi connectivity index (χ0n) is 8.18. The monoisotopic (exact) mass is 226 g/mol. The van der Waals surface area contributed by atoms with Crippen LogP contribution in [0.2, 0.25) is 0 Å². The van der Waals surface area contributed by atoms with Gasteiger partial charge in [0.2, 0.25) is 4.77 Å². The van der Waals surface area contributed by atoms with Crippen LogP contribution in [0.15, 0.2) is 11.4 Å². The summed E-state index contributed by atoms with van der Waals surface area (Å²) in [6.45, 7) is 0. The van der Waals surface area contributed by atoms with E-state index in [2.05, 4.69) is 9.97 Å². The highest BCUT2D eigenvalue weighted by atomic mass is 32.2. The molecule has 2 heterocycles. The average molecular weight is 226 g/mol. The van der Waals surface area contributed by atoms with Crippen molar-refractivity contribution in [2.45, 2.75) is 5.03 Å². The Balaban J connectivity index is 3.00. The Kier molecular flexibility index (Phi) is 2.32. The topological polar surface area (TPSA) is 35.6 Å². The first-order chi connectivity index (χ1) is 6.65. The van der Waals surface area contributed by atoms with E-state index >= 15 is 0 Å². The molecule has 0 aliphatic carbocycles. The van der Waals surface area contributed by atoms with Crippen molar-refractivity contribution in [3.63, 3.8) is 0 Å². The van der Waals surface area contributed by atoms with Crippen molar-refractivity contribution in [3.05, 3.63) is 11.1 Å². The number of hydrogen-bond acceptors (Lipinski definition) is 4. The second-order valence-electron chi connectivity index (χ2n) is 2.99. The normalized spacial score (nSPS) is 11.1. The summed E-state index contributed by atoms with van der Waals surface area (Å²) in [7, 11) is 3.84. The van der Waals surface area contributed by atoms with Crippen LogP contribution >= 0.6 is 24.0 Å². The maximum atomic E-state index is 5.13. The molecule has 0 N–H and O–H groups in total. The van der Waals surface area contributed by atoms with Crippen LogP contribution < -0.4 is 0 Å². The fraction of sp³-hybridized carbons (Fsp3) is 0.375. The van der Waals surface area contributed by atoms with Gasteiger partial charge in [-0.05, 0) is 18.5 Å². The van der Waals surface area contributed by atoms with Crippen LogP contribution in [-0.2, 0) is 14.1 Å². The first-order valence-corrected chi connectivity index (χ1v) is 5.70. The molecule has 0 fully saturated rings. The van der Waals surface area contributed by atoms with Gasteiger partial charge >= 0.3 is 0 Å². The third-order valence-corrected chi connectivity index (χ3v) is 3.15. The molecule has 0 saturated heterocycles. The van der Waals surface area contributed by atoms with Crippen LogP contribution in [0.5, 0.6) is 0 Å². The highest BCUT2D eigenvalue weighted by molar-refractivity contribution is 7.98. The van der Waals surface area contributed by atoms with Crippen molar-refractivity contribution >= 4 is 35.1 Å². The summed E-state index contributed by atoms with van der Waals surface area (Å²) in [5.74, 6) is 0. The largest absolute Gasteiger partial charge is 0.330 e. The van der Waals surface area contributed by atoms with E-state index in [1.165, 1.54) is 0 Å². The number of aryl methyl sites for hydroxylation is 2. The van der Waals surface area contributed by atoms with Crippen LogP contribution in [0.3, 0.4) is 0 Å². The maximum absolute atomic E-state index is 5.13. The Bertz CT molecular complexity index is 540. The molecule has 14 heavy (non-hydrogen) atoms. The number of nitrogens with zero attached hydrogens (tertiary/aromatic N) is 4. The van der Waals surface area contributed by atoms with Crippen molar-refractivity contribution < 1.29 is 0 Å². The smallest absolute Gasteiger partial charge is 0.202 e. The summed E-state index contributed by atoms with van der Waals surface area (Å²) in [6, 6.07) is 0. The number of thioether (sulfide) groups is 1. The second kappa shape index (κ2) is 3.36. The summed E-state index contributed by atoms with van der Waals surface area (Å²) in [6.07, 6.45) is 3.77. The van der Waals surface area contributed by atoms with Gasteiger partial charge in [0, 0.05) is 14.1 Å². The van der Waals surface area contributed by atoms with E-state index in [1.807, 2.05) is 29.5 Å². The molecule has 6 heteroatoms. The molecule has 2 aromatic heterocycles. The molecule has 74 valence electrons. The van der Waals surface area contributed by atoms with E-state index in [-0.39, 0.29) is 0 Å². The summed E-state index contributed by atoms with van der Waals surface area (Å²) < 4.78 is 4.36. The minimum atomic E-state index is 0.570. The minimum Gasteiger partial charge on any atom is -0.330 e. The molecule has 0 spiro atoms. The molecule has 0 aliphatic heterocycles. The minimum absolute atomic E-state index is 0.570.